The van der Waals surface area contributed by atoms with Gasteiger partial charge in [-0.15, -0.1) is 0 Å². The standard InChI is InChI=1S/C28H25N5O3S/c29-37(35,36)23-10-6-9-22(17-23)28-27(20-7-2-1-3-8-20)32-25-18-21(12-13-24(25)31-28)26(34)11-4-5-15-33-16-14-30-19-33/h1-3,6-10,12-14,16-19H,4-5,11,15H2,(H2,29,35,36). The maximum absolute atomic E-state index is 12.9. The molecule has 0 saturated heterocycles. The normalized spacial score (nSPS) is 11.6. The van der Waals surface area contributed by atoms with E-state index in [1.165, 1.54) is 12.1 Å². The highest BCUT2D eigenvalue weighted by Gasteiger charge is 2.17. The van der Waals surface area contributed by atoms with Gasteiger partial charge in [0.05, 0.1) is 33.6 Å². The lowest BCUT2D eigenvalue weighted by molar-refractivity contribution is 0.0979. The molecule has 2 aromatic heterocycles. The molecule has 0 bridgehead atoms. The van der Waals surface area contributed by atoms with Gasteiger partial charge in [-0.1, -0.05) is 42.5 Å². The van der Waals surface area contributed by atoms with Gasteiger partial charge in [0.2, 0.25) is 10.0 Å². The number of imidazole rings is 1. The molecule has 5 rings (SSSR count). The molecule has 0 aliphatic heterocycles. The first-order chi connectivity index (χ1) is 17.9. The summed E-state index contributed by atoms with van der Waals surface area (Å²) in [5.74, 6) is 0.0560. The fraction of sp³-hybridized carbons (Fsp3) is 0.143. The zero-order valence-corrected chi connectivity index (χ0v) is 20.8. The van der Waals surface area contributed by atoms with Crippen molar-refractivity contribution < 1.29 is 13.2 Å². The van der Waals surface area contributed by atoms with Crippen LogP contribution < -0.4 is 5.14 Å². The lowest BCUT2D eigenvalue weighted by Crippen LogP contribution is -2.12. The van der Waals surface area contributed by atoms with Crippen molar-refractivity contribution in [2.24, 2.45) is 5.14 Å². The Bertz CT molecular complexity index is 1670. The summed E-state index contributed by atoms with van der Waals surface area (Å²) in [5.41, 5.74) is 4.31. The number of primary sulfonamides is 1. The number of fused-ring (bicyclic) bond motifs is 1. The first-order valence-electron chi connectivity index (χ1n) is 11.9. The molecule has 0 spiro atoms. The zero-order chi connectivity index (χ0) is 25.8. The summed E-state index contributed by atoms with van der Waals surface area (Å²) in [5, 5.41) is 5.36. The summed E-state index contributed by atoms with van der Waals surface area (Å²) in [4.78, 5) is 26.6. The smallest absolute Gasteiger partial charge is 0.238 e. The van der Waals surface area contributed by atoms with Crippen molar-refractivity contribution in [3.8, 4) is 22.5 Å². The molecule has 0 atom stereocenters. The number of carbonyl (C=O) groups excluding carboxylic acids is 1. The zero-order valence-electron chi connectivity index (χ0n) is 20.0. The van der Waals surface area contributed by atoms with Crippen LogP contribution in [0, 0.1) is 0 Å². The molecule has 0 unspecified atom stereocenters. The topological polar surface area (TPSA) is 121 Å². The minimum Gasteiger partial charge on any atom is -0.337 e. The van der Waals surface area contributed by atoms with Crippen molar-refractivity contribution in [3.63, 3.8) is 0 Å². The number of unbranched alkanes of at least 4 members (excludes halogenated alkanes) is 1. The second kappa shape index (κ2) is 10.4. The molecule has 37 heavy (non-hydrogen) atoms. The molecular weight excluding hydrogens is 486 g/mol. The highest BCUT2D eigenvalue weighted by Crippen LogP contribution is 2.32. The number of rotatable bonds is 9. The quantitative estimate of drug-likeness (QED) is 0.223. The fourth-order valence-corrected chi connectivity index (χ4v) is 4.75. The fourth-order valence-electron chi connectivity index (χ4n) is 4.19. The van der Waals surface area contributed by atoms with E-state index in [0.29, 0.717) is 40.0 Å². The summed E-state index contributed by atoms with van der Waals surface area (Å²) in [7, 11) is -3.88. The van der Waals surface area contributed by atoms with E-state index >= 15 is 0 Å². The van der Waals surface area contributed by atoms with E-state index < -0.39 is 10.0 Å². The van der Waals surface area contributed by atoms with E-state index in [0.717, 1.165) is 24.9 Å². The monoisotopic (exact) mass is 511 g/mol. The van der Waals surface area contributed by atoms with Gasteiger partial charge in [-0.2, -0.15) is 0 Å². The Balaban J connectivity index is 1.48. The summed E-state index contributed by atoms with van der Waals surface area (Å²) >= 11 is 0. The van der Waals surface area contributed by atoms with Crippen LogP contribution in [0.15, 0.2) is 96.4 Å². The van der Waals surface area contributed by atoms with Gasteiger partial charge in [0.25, 0.3) is 0 Å². The van der Waals surface area contributed by atoms with Gasteiger partial charge in [-0.25, -0.2) is 28.5 Å². The largest absolute Gasteiger partial charge is 0.337 e. The van der Waals surface area contributed by atoms with Gasteiger partial charge in [0.1, 0.15) is 0 Å². The second-order valence-electron chi connectivity index (χ2n) is 8.74. The Hall–Kier alpha value is -4.21. The third kappa shape index (κ3) is 5.63. The number of nitrogens with two attached hydrogens (primary N) is 1. The highest BCUT2D eigenvalue weighted by molar-refractivity contribution is 7.89. The Morgan fingerprint density at radius 1 is 0.838 bits per heavy atom. The van der Waals surface area contributed by atoms with E-state index in [1.54, 1.807) is 42.9 Å². The number of hydrogen-bond acceptors (Lipinski definition) is 6. The lowest BCUT2D eigenvalue weighted by atomic mass is 10.0. The number of Topliss-reactive ketones (excluding diaryl/α,β-unsaturated/α-hetero) is 1. The third-order valence-electron chi connectivity index (χ3n) is 6.10. The first-order valence-corrected chi connectivity index (χ1v) is 13.4. The molecule has 9 heteroatoms. The van der Waals surface area contributed by atoms with Crippen molar-refractivity contribution in [1.29, 1.82) is 0 Å². The van der Waals surface area contributed by atoms with E-state index in [9.17, 15) is 13.2 Å². The number of sulfonamides is 1. The number of carbonyl (C=O) groups is 1. The minimum absolute atomic E-state index is 0.000100. The van der Waals surface area contributed by atoms with Crippen molar-refractivity contribution in [2.45, 2.75) is 30.7 Å². The molecule has 5 aromatic rings. The van der Waals surface area contributed by atoms with Crippen LogP contribution in [0.1, 0.15) is 29.6 Å². The van der Waals surface area contributed by atoms with Crippen molar-refractivity contribution in [3.05, 3.63) is 97.1 Å². The van der Waals surface area contributed by atoms with E-state index in [1.807, 2.05) is 41.1 Å². The van der Waals surface area contributed by atoms with Crippen molar-refractivity contribution >= 4 is 26.8 Å². The van der Waals surface area contributed by atoms with E-state index in [-0.39, 0.29) is 10.7 Å². The molecule has 0 aliphatic carbocycles. The molecule has 0 amide bonds. The molecule has 2 heterocycles. The van der Waals surface area contributed by atoms with Crippen LogP contribution in [0.2, 0.25) is 0 Å². The number of aryl methyl sites for hydroxylation is 1. The number of aromatic nitrogens is 4. The predicted molar refractivity (Wildman–Crippen MR) is 142 cm³/mol. The Labute approximate surface area is 214 Å². The molecule has 0 saturated carbocycles. The SMILES string of the molecule is NS(=O)(=O)c1cccc(-c2nc3ccc(C(=O)CCCCn4ccnc4)cc3nc2-c2ccccc2)c1. The maximum Gasteiger partial charge on any atom is 0.238 e. The highest BCUT2D eigenvalue weighted by atomic mass is 32.2. The van der Waals surface area contributed by atoms with Crippen molar-refractivity contribution in [1.82, 2.24) is 19.5 Å². The Kier molecular flexibility index (Phi) is 6.89. The van der Waals surface area contributed by atoms with Crippen LogP contribution in [0.4, 0.5) is 0 Å². The van der Waals surface area contributed by atoms with Gasteiger partial charge in [-0.3, -0.25) is 4.79 Å². The van der Waals surface area contributed by atoms with Crippen LogP contribution in [0.5, 0.6) is 0 Å². The van der Waals surface area contributed by atoms with Gasteiger partial charge in [-0.05, 0) is 43.2 Å². The molecule has 0 aliphatic rings. The molecule has 0 radical (unpaired) electrons. The predicted octanol–water partition coefficient (Wildman–Crippen LogP) is 4.86. The third-order valence-corrected chi connectivity index (χ3v) is 7.01. The summed E-state index contributed by atoms with van der Waals surface area (Å²) in [6.45, 7) is 0.826. The number of hydrogen-bond donors (Lipinski definition) is 1. The second-order valence-corrected chi connectivity index (χ2v) is 10.3. The average Bonchev–Trinajstić information content (AvgIpc) is 3.44. The molecule has 2 N–H and O–H groups in total. The number of nitrogens with zero attached hydrogens (tertiary/aromatic N) is 4. The van der Waals surface area contributed by atoms with Gasteiger partial charge < -0.3 is 4.57 Å². The molecule has 3 aromatic carbocycles. The van der Waals surface area contributed by atoms with Crippen LogP contribution in [-0.4, -0.2) is 33.7 Å². The molecule has 8 nitrogen and oxygen atoms in total. The van der Waals surface area contributed by atoms with E-state index in [4.69, 9.17) is 15.1 Å². The first kappa shape index (κ1) is 24.5. The van der Waals surface area contributed by atoms with Crippen LogP contribution in [0.25, 0.3) is 33.5 Å². The lowest BCUT2D eigenvalue weighted by Gasteiger charge is -2.12. The number of benzene rings is 3. The van der Waals surface area contributed by atoms with Gasteiger partial charge >= 0.3 is 0 Å². The van der Waals surface area contributed by atoms with Crippen LogP contribution in [0.3, 0.4) is 0 Å². The summed E-state index contributed by atoms with van der Waals surface area (Å²) in [6, 6.07) is 21.2. The molecule has 186 valence electrons. The Morgan fingerprint density at radius 2 is 1.59 bits per heavy atom. The van der Waals surface area contributed by atoms with Gasteiger partial charge in [0.15, 0.2) is 5.78 Å². The average molecular weight is 512 g/mol. The van der Waals surface area contributed by atoms with Crippen LogP contribution >= 0.6 is 0 Å². The minimum atomic E-state index is -3.88. The van der Waals surface area contributed by atoms with Crippen LogP contribution in [-0.2, 0) is 16.6 Å². The summed E-state index contributed by atoms with van der Waals surface area (Å²) in [6.07, 6.45) is 7.52. The van der Waals surface area contributed by atoms with Gasteiger partial charge in [0, 0.05) is 42.0 Å². The maximum atomic E-state index is 12.9. The Morgan fingerprint density at radius 3 is 2.35 bits per heavy atom. The van der Waals surface area contributed by atoms with Crippen molar-refractivity contribution in [2.75, 3.05) is 0 Å². The molecule has 0 fully saturated rings. The molecular formula is C28H25N5O3S. The summed E-state index contributed by atoms with van der Waals surface area (Å²) < 4.78 is 25.9. The number of ketones is 1. The van der Waals surface area contributed by atoms with E-state index in [2.05, 4.69) is 4.98 Å².